The maximum absolute atomic E-state index is 13.5. The van der Waals surface area contributed by atoms with E-state index >= 15 is 0 Å². The minimum atomic E-state index is -4.12. The Bertz CT molecular complexity index is 1250. The Labute approximate surface area is 192 Å². The lowest BCUT2D eigenvalue weighted by Crippen LogP contribution is -2.30. The molecule has 176 valence electrons. The number of hydrogen-bond acceptors (Lipinski definition) is 6. The van der Waals surface area contributed by atoms with Crippen LogP contribution in [0.2, 0.25) is 0 Å². The first-order chi connectivity index (χ1) is 15.6. The summed E-state index contributed by atoms with van der Waals surface area (Å²) in [5.74, 6) is -0.303. The van der Waals surface area contributed by atoms with Crippen molar-refractivity contribution in [2.45, 2.75) is 31.2 Å². The number of methoxy groups -OCH3 is 2. The summed E-state index contributed by atoms with van der Waals surface area (Å²) in [6.07, 6.45) is 2.70. The fourth-order valence-corrected chi connectivity index (χ4v) is 4.92. The van der Waals surface area contributed by atoms with Crippen LogP contribution in [0.15, 0.2) is 47.4 Å². The minimum absolute atomic E-state index is 0.0189. The molecule has 0 aliphatic heterocycles. The second-order valence-electron chi connectivity index (χ2n) is 7.87. The van der Waals surface area contributed by atoms with Crippen LogP contribution in [0.3, 0.4) is 0 Å². The van der Waals surface area contributed by atoms with E-state index in [1.807, 2.05) is 38.1 Å². The predicted molar refractivity (Wildman–Crippen MR) is 125 cm³/mol. The van der Waals surface area contributed by atoms with E-state index in [1.165, 1.54) is 32.4 Å². The van der Waals surface area contributed by atoms with Gasteiger partial charge in [-0.1, -0.05) is 26.0 Å². The number of rotatable bonds is 10. The number of carbonyl (C=O) groups is 1. The number of carboxylic acids is 1. The maximum Gasteiger partial charge on any atom is 0.328 e. The maximum atomic E-state index is 13.5. The highest BCUT2D eigenvalue weighted by Crippen LogP contribution is 2.37. The van der Waals surface area contributed by atoms with Crippen LogP contribution < -0.4 is 14.2 Å². The van der Waals surface area contributed by atoms with E-state index in [4.69, 9.17) is 14.6 Å². The van der Waals surface area contributed by atoms with Gasteiger partial charge in [-0.3, -0.25) is 0 Å². The van der Waals surface area contributed by atoms with E-state index in [1.54, 1.807) is 0 Å². The number of hydrogen-bond donors (Lipinski definition) is 3. The van der Waals surface area contributed by atoms with Crippen LogP contribution in [-0.2, 0) is 14.8 Å². The van der Waals surface area contributed by atoms with Crippen LogP contribution in [0.25, 0.3) is 17.1 Å². The number of aromatic nitrogens is 2. The summed E-state index contributed by atoms with van der Waals surface area (Å²) in [6, 6.07) is 9.68. The van der Waals surface area contributed by atoms with Crippen molar-refractivity contribution in [1.29, 1.82) is 0 Å². The Kier molecular flexibility index (Phi) is 7.39. The van der Waals surface area contributed by atoms with E-state index in [0.717, 1.165) is 17.1 Å². The lowest BCUT2D eigenvalue weighted by Gasteiger charge is -2.20. The summed E-state index contributed by atoms with van der Waals surface area (Å²) >= 11 is 0. The van der Waals surface area contributed by atoms with E-state index in [-0.39, 0.29) is 22.3 Å². The molecule has 2 aromatic carbocycles. The Hall–Kier alpha value is -3.37. The van der Waals surface area contributed by atoms with Crippen LogP contribution in [0.1, 0.15) is 37.7 Å². The molecule has 0 radical (unpaired) electrons. The number of ether oxygens (including phenoxy) is 2. The third-order valence-electron chi connectivity index (χ3n) is 4.92. The molecule has 9 nitrogen and oxygen atoms in total. The predicted octanol–water partition coefficient (Wildman–Crippen LogP) is 3.74. The average molecular weight is 474 g/mol. The molecule has 0 saturated heterocycles. The topological polar surface area (TPSA) is 131 Å². The Balaban J connectivity index is 2.07. The third kappa shape index (κ3) is 5.71. The van der Waals surface area contributed by atoms with Crippen LogP contribution in [0, 0.1) is 5.92 Å². The summed E-state index contributed by atoms with van der Waals surface area (Å²) in [6.45, 7) is 3.98. The summed E-state index contributed by atoms with van der Waals surface area (Å²) in [5.41, 5.74) is 1.88. The van der Waals surface area contributed by atoms with Gasteiger partial charge in [0.05, 0.1) is 31.3 Å². The van der Waals surface area contributed by atoms with Crippen molar-refractivity contribution in [2.24, 2.45) is 5.92 Å². The van der Waals surface area contributed by atoms with Gasteiger partial charge >= 0.3 is 5.97 Å². The average Bonchev–Trinajstić information content (AvgIpc) is 3.20. The molecular formula is C23H27N3O6S. The Morgan fingerprint density at radius 2 is 1.94 bits per heavy atom. The zero-order valence-electron chi connectivity index (χ0n) is 18.8. The van der Waals surface area contributed by atoms with Crippen molar-refractivity contribution >= 4 is 33.1 Å². The molecule has 3 N–H and O–H groups in total. The second kappa shape index (κ2) is 10.1. The van der Waals surface area contributed by atoms with Gasteiger partial charge in [-0.25, -0.2) is 22.9 Å². The van der Waals surface area contributed by atoms with Crippen molar-refractivity contribution in [1.82, 2.24) is 14.7 Å². The first-order valence-corrected chi connectivity index (χ1v) is 11.8. The number of nitrogens with one attached hydrogen (secondary N) is 2. The molecule has 0 amide bonds. The summed E-state index contributed by atoms with van der Waals surface area (Å²) in [7, 11) is -1.40. The number of fused-ring (bicyclic) bond motifs is 1. The fraction of sp³-hybridized carbons (Fsp3) is 0.304. The molecule has 1 unspecified atom stereocenters. The minimum Gasteiger partial charge on any atom is -0.493 e. The fourth-order valence-electron chi connectivity index (χ4n) is 3.49. The highest BCUT2D eigenvalue weighted by atomic mass is 32.2. The molecule has 0 aliphatic carbocycles. The van der Waals surface area contributed by atoms with Gasteiger partial charge < -0.3 is 19.6 Å². The van der Waals surface area contributed by atoms with Gasteiger partial charge in [0.2, 0.25) is 10.0 Å². The van der Waals surface area contributed by atoms with Crippen molar-refractivity contribution in [2.75, 3.05) is 14.2 Å². The van der Waals surface area contributed by atoms with Crippen molar-refractivity contribution in [3.8, 4) is 11.5 Å². The van der Waals surface area contributed by atoms with Gasteiger partial charge in [-0.05, 0) is 48.2 Å². The molecule has 1 heterocycles. The number of imidazole rings is 1. The largest absolute Gasteiger partial charge is 0.493 e. The zero-order chi connectivity index (χ0) is 24.2. The van der Waals surface area contributed by atoms with Gasteiger partial charge in [0.25, 0.3) is 0 Å². The third-order valence-corrected chi connectivity index (χ3v) is 6.39. The number of aromatic amines is 1. The molecule has 33 heavy (non-hydrogen) atoms. The number of aliphatic carboxylic acids is 1. The van der Waals surface area contributed by atoms with Crippen LogP contribution in [0.4, 0.5) is 0 Å². The quantitative estimate of drug-likeness (QED) is 0.382. The smallest absolute Gasteiger partial charge is 0.328 e. The van der Waals surface area contributed by atoms with Gasteiger partial charge in [0.1, 0.15) is 10.7 Å². The van der Waals surface area contributed by atoms with E-state index in [2.05, 4.69) is 14.7 Å². The zero-order valence-corrected chi connectivity index (χ0v) is 19.6. The Morgan fingerprint density at radius 3 is 2.55 bits per heavy atom. The lowest BCUT2D eigenvalue weighted by atomic mass is 10.0. The van der Waals surface area contributed by atoms with Crippen molar-refractivity contribution in [3.63, 3.8) is 0 Å². The molecule has 3 rings (SSSR count). The standard InChI is InChI=1S/C23H27N3O6S/c1-14(2)11-18(23-24-16-7-5-6-8-17(16)25-23)26-33(29,30)20-13-15(9-10-21(27)28)12-19(31-3)22(20)32-4/h5-10,12-14,18,26H,11H2,1-4H3,(H,24,25)(H,27,28)/b10-9+. The molecular weight excluding hydrogens is 446 g/mol. The molecule has 0 aliphatic rings. The van der Waals surface area contributed by atoms with Crippen LogP contribution >= 0.6 is 0 Å². The first-order valence-electron chi connectivity index (χ1n) is 10.3. The second-order valence-corrected chi connectivity index (χ2v) is 9.55. The van der Waals surface area contributed by atoms with E-state index in [0.29, 0.717) is 17.8 Å². The molecule has 1 atom stereocenters. The SMILES string of the molecule is COc1cc(/C=C/C(=O)O)cc(S(=O)(=O)NC(CC(C)C)c2nc3ccccc3[nH]2)c1OC. The summed E-state index contributed by atoms with van der Waals surface area (Å²) in [5, 5.41) is 8.94. The molecule has 0 spiro atoms. The number of H-pyrrole nitrogens is 1. The lowest BCUT2D eigenvalue weighted by molar-refractivity contribution is -0.131. The number of benzene rings is 2. The first kappa shape index (κ1) is 24.3. The highest BCUT2D eigenvalue weighted by molar-refractivity contribution is 7.89. The summed E-state index contributed by atoms with van der Waals surface area (Å²) < 4.78 is 40.4. The molecule has 1 aromatic heterocycles. The van der Waals surface area contributed by atoms with Crippen LogP contribution in [-0.4, -0.2) is 43.7 Å². The van der Waals surface area contributed by atoms with E-state index in [9.17, 15) is 13.2 Å². The number of carboxylic acid groups (broad SMARTS) is 1. The Morgan fingerprint density at radius 1 is 1.21 bits per heavy atom. The van der Waals surface area contributed by atoms with E-state index < -0.39 is 22.0 Å². The molecule has 3 aromatic rings. The van der Waals surface area contributed by atoms with Gasteiger partial charge in [-0.2, -0.15) is 0 Å². The highest BCUT2D eigenvalue weighted by Gasteiger charge is 2.29. The van der Waals surface area contributed by atoms with Crippen molar-refractivity contribution in [3.05, 3.63) is 53.9 Å². The molecule has 0 bridgehead atoms. The number of sulfonamides is 1. The summed E-state index contributed by atoms with van der Waals surface area (Å²) in [4.78, 5) is 18.5. The normalized spacial score (nSPS) is 13.0. The monoisotopic (exact) mass is 473 g/mol. The van der Waals surface area contributed by atoms with Gasteiger partial charge in [0.15, 0.2) is 11.5 Å². The van der Waals surface area contributed by atoms with Crippen LogP contribution in [0.5, 0.6) is 11.5 Å². The molecule has 10 heteroatoms. The number of para-hydroxylation sites is 2. The van der Waals surface area contributed by atoms with Gasteiger partial charge in [-0.15, -0.1) is 0 Å². The molecule has 0 saturated carbocycles. The molecule has 0 fully saturated rings. The van der Waals surface area contributed by atoms with Gasteiger partial charge in [0, 0.05) is 6.08 Å². The number of nitrogens with zero attached hydrogens (tertiary/aromatic N) is 1. The van der Waals surface area contributed by atoms with Crippen molar-refractivity contribution < 1.29 is 27.8 Å².